The highest BCUT2D eigenvalue weighted by atomic mass is 16.5. The van der Waals surface area contributed by atoms with Crippen LogP contribution >= 0.6 is 0 Å². The molecule has 3 unspecified atom stereocenters. The summed E-state index contributed by atoms with van der Waals surface area (Å²) in [5, 5.41) is 0. The first kappa shape index (κ1) is 11.4. The fourth-order valence-corrected chi connectivity index (χ4v) is 2.92. The summed E-state index contributed by atoms with van der Waals surface area (Å²) in [7, 11) is 0. The van der Waals surface area contributed by atoms with Crippen LogP contribution in [0.15, 0.2) is 0 Å². The molecule has 2 heteroatoms. The number of ether oxygens (including phenoxy) is 1. The third kappa shape index (κ3) is 2.94. The van der Waals surface area contributed by atoms with Crippen LogP contribution in [0.1, 0.15) is 33.1 Å². The van der Waals surface area contributed by atoms with Gasteiger partial charge in [0.15, 0.2) is 0 Å². The van der Waals surface area contributed by atoms with Gasteiger partial charge >= 0.3 is 0 Å². The van der Waals surface area contributed by atoms with E-state index in [-0.39, 0.29) is 0 Å². The largest absolute Gasteiger partial charge is 0.381 e. The Balaban J connectivity index is 1.72. The minimum atomic E-state index is 0.820. The normalized spacial score (nSPS) is 34.8. The summed E-state index contributed by atoms with van der Waals surface area (Å²) in [6.07, 6.45) is 4.04. The van der Waals surface area contributed by atoms with Gasteiger partial charge in [0.1, 0.15) is 0 Å². The molecule has 0 N–H and O–H groups in total. The molecule has 2 aliphatic heterocycles. The van der Waals surface area contributed by atoms with Gasteiger partial charge < -0.3 is 9.64 Å². The molecule has 0 bridgehead atoms. The van der Waals surface area contributed by atoms with Gasteiger partial charge in [0, 0.05) is 19.7 Å². The molecule has 3 atom stereocenters. The van der Waals surface area contributed by atoms with Crippen molar-refractivity contribution in [2.24, 2.45) is 17.8 Å². The van der Waals surface area contributed by atoms with E-state index < -0.39 is 0 Å². The molecule has 0 aromatic rings. The molecule has 0 radical (unpaired) electrons. The summed E-state index contributed by atoms with van der Waals surface area (Å²) in [5.74, 6) is 2.69. The van der Waals surface area contributed by atoms with Crippen LogP contribution in [0.2, 0.25) is 0 Å². The Hall–Kier alpha value is -0.0800. The van der Waals surface area contributed by atoms with Gasteiger partial charge in [-0.25, -0.2) is 0 Å². The Kier molecular flexibility index (Phi) is 4.04. The van der Waals surface area contributed by atoms with Gasteiger partial charge in [-0.2, -0.15) is 0 Å². The monoisotopic (exact) mass is 211 g/mol. The standard InChI is InChI=1S/C13H25NO/c1-3-11(2)13-4-6-14(9-13)8-12-5-7-15-10-12/h11-13H,3-10H2,1-2H3. The molecule has 0 saturated carbocycles. The van der Waals surface area contributed by atoms with E-state index in [1.807, 2.05) is 0 Å². The van der Waals surface area contributed by atoms with Gasteiger partial charge in [-0.3, -0.25) is 0 Å². The van der Waals surface area contributed by atoms with Gasteiger partial charge in [0.25, 0.3) is 0 Å². The second kappa shape index (κ2) is 5.31. The first-order valence-electron chi connectivity index (χ1n) is 6.59. The topological polar surface area (TPSA) is 12.5 Å². The highest BCUT2D eigenvalue weighted by molar-refractivity contribution is 4.81. The average Bonchev–Trinajstić information content (AvgIpc) is 2.88. The fraction of sp³-hybridized carbons (Fsp3) is 1.00. The van der Waals surface area contributed by atoms with Crippen LogP contribution in [0.4, 0.5) is 0 Å². The maximum Gasteiger partial charge on any atom is 0.0507 e. The minimum Gasteiger partial charge on any atom is -0.381 e. The van der Waals surface area contributed by atoms with Crippen molar-refractivity contribution in [2.45, 2.75) is 33.1 Å². The molecular formula is C13H25NO. The van der Waals surface area contributed by atoms with Gasteiger partial charge in [0.05, 0.1) is 6.61 Å². The Bertz CT molecular complexity index is 189. The second-order valence-corrected chi connectivity index (χ2v) is 5.42. The number of likely N-dealkylation sites (tertiary alicyclic amines) is 1. The predicted molar refractivity (Wildman–Crippen MR) is 62.9 cm³/mol. The van der Waals surface area contributed by atoms with Crippen molar-refractivity contribution in [3.05, 3.63) is 0 Å². The van der Waals surface area contributed by atoms with Crippen LogP contribution < -0.4 is 0 Å². The summed E-state index contributed by atoms with van der Waals surface area (Å²) in [6.45, 7) is 10.7. The molecule has 2 nitrogen and oxygen atoms in total. The minimum absolute atomic E-state index is 0.820. The first-order chi connectivity index (χ1) is 7.29. The van der Waals surface area contributed by atoms with Crippen LogP contribution in [0.3, 0.4) is 0 Å². The second-order valence-electron chi connectivity index (χ2n) is 5.42. The smallest absolute Gasteiger partial charge is 0.0507 e. The van der Waals surface area contributed by atoms with E-state index in [2.05, 4.69) is 18.7 Å². The molecule has 2 saturated heterocycles. The van der Waals surface area contributed by atoms with Crippen molar-refractivity contribution in [1.82, 2.24) is 4.90 Å². The summed E-state index contributed by atoms with van der Waals surface area (Å²) >= 11 is 0. The number of nitrogens with zero attached hydrogens (tertiary/aromatic N) is 1. The fourth-order valence-electron chi connectivity index (χ4n) is 2.92. The zero-order chi connectivity index (χ0) is 10.7. The van der Waals surface area contributed by atoms with Crippen molar-refractivity contribution in [3.8, 4) is 0 Å². The molecule has 2 heterocycles. The lowest BCUT2D eigenvalue weighted by atomic mass is 9.91. The maximum absolute atomic E-state index is 5.44. The highest BCUT2D eigenvalue weighted by Gasteiger charge is 2.28. The molecule has 2 rings (SSSR count). The lowest BCUT2D eigenvalue weighted by molar-refractivity contribution is 0.172. The molecule has 15 heavy (non-hydrogen) atoms. The predicted octanol–water partition coefficient (Wildman–Crippen LogP) is 2.39. The summed E-state index contributed by atoms with van der Waals surface area (Å²) in [5.41, 5.74) is 0. The first-order valence-corrected chi connectivity index (χ1v) is 6.59. The van der Waals surface area contributed by atoms with E-state index in [1.165, 1.54) is 38.9 Å². The number of hydrogen-bond donors (Lipinski definition) is 0. The van der Waals surface area contributed by atoms with E-state index in [0.717, 1.165) is 31.0 Å². The average molecular weight is 211 g/mol. The SMILES string of the molecule is CCC(C)C1CCN(CC2CCOC2)C1. The molecule has 88 valence electrons. The molecule has 2 aliphatic rings. The maximum atomic E-state index is 5.44. The van der Waals surface area contributed by atoms with Crippen LogP contribution in [0.25, 0.3) is 0 Å². The Labute approximate surface area is 94.0 Å². The Morgan fingerprint density at radius 1 is 1.40 bits per heavy atom. The molecule has 0 aliphatic carbocycles. The van der Waals surface area contributed by atoms with Crippen molar-refractivity contribution in [1.29, 1.82) is 0 Å². The highest BCUT2D eigenvalue weighted by Crippen LogP contribution is 2.27. The molecule has 0 aromatic carbocycles. The Morgan fingerprint density at radius 2 is 2.27 bits per heavy atom. The number of hydrogen-bond acceptors (Lipinski definition) is 2. The zero-order valence-electron chi connectivity index (χ0n) is 10.2. The lowest BCUT2D eigenvalue weighted by Crippen LogP contribution is -2.28. The van der Waals surface area contributed by atoms with Crippen LogP contribution in [-0.4, -0.2) is 37.7 Å². The molecular weight excluding hydrogens is 186 g/mol. The molecule has 0 aromatic heterocycles. The number of rotatable bonds is 4. The van der Waals surface area contributed by atoms with E-state index >= 15 is 0 Å². The molecule has 0 amide bonds. The quantitative estimate of drug-likeness (QED) is 0.708. The van der Waals surface area contributed by atoms with Crippen LogP contribution in [-0.2, 0) is 4.74 Å². The van der Waals surface area contributed by atoms with Crippen LogP contribution in [0, 0.1) is 17.8 Å². The van der Waals surface area contributed by atoms with Crippen LogP contribution in [0.5, 0.6) is 0 Å². The molecule has 2 fully saturated rings. The van der Waals surface area contributed by atoms with Gasteiger partial charge in [-0.15, -0.1) is 0 Å². The van der Waals surface area contributed by atoms with Crippen molar-refractivity contribution < 1.29 is 4.74 Å². The summed E-state index contributed by atoms with van der Waals surface area (Å²) in [4.78, 5) is 2.66. The van der Waals surface area contributed by atoms with E-state index in [9.17, 15) is 0 Å². The summed E-state index contributed by atoms with van der Waals surface area (Å²) < 4.78 is 5.44. The third-order valence-electron chi connectivity index (χ3n) is 4.30. The third-order valence-corrected chi connectivity index (χ3v) is 4.30. The van der Waals surface area contributed by atoms with Crippen molar-refractivity contribution in [3.63, 3.8) is 0 Å². The van der Waals surface area contributed by atoms with E-state index in [4.69, 9.17) is 4.74 Å². The van der Waals surface area contributed by atoms with Gasteiger partial charge in [-0.1, -0.05) is 20.3 Å². The van der Waals surface area contributed by atoms with Gasteiger partial charge in [0.2, 0.25) is 0 Å². The van der Waals surface area contributed by atoms with E-state index in [0.29, 0.717) is 0 Å². The Morgan fingerprint density at radius 3 is 2.93 bits per heavy atom. The molecule has 0 spiro atoms. The van der Waals surface area contributed by atoms with Gasteiger partial charge in [-0.05, 0) is 37.1 Å². The summed E-state index contributed by atoms with van der Waals surface area (Å²) in [6, 6.07) is 0. The van der Waals surface area contributed by atoms with Crippen molar-refractivity contribution >= 4 is 0 Å². The lowest BCUT2D eigenvalue weighted by Gasteiger charge is -2.21. The zero-order valence-corrected chi connectivity index (χ0v) is 10.2. The van der Waals surface area contributed by atoms with E-state index in [1.54, 1.807) is 0 Å². The van der Waals surface area contributed by atoms with Crippen molar-refractivity contribution in [2.75, 3.05) is 32.8 Å².